The number of nitrogens with zero attached hydrogens (tertiary/aromatic N) is 4. The van der Waals surface area contributed by atoms with Crippen LogP contribution in [-0.2, 0) is 29.0 Å². The van der Waals surface area contributed by atoms with Gasteiger partial charge in [-0.15, -0.1) is 0 Å². The van der Waals surface area contributed by atoms with E-state index in [2.05, 4.69) is 23.6 Å². The van der Waals surface area contributed by atoms with E-state index in [0.717, 1.165) is 71.8 Å². The number of amides is 1. The molecular formula is C30H34N4O5. The van der Waals surface area contributed by atoms with Crippen LogP contribution in [0.2, 0.25) is 0 Å². The van der Waals surface area contributed by atoms with Crippen LogP contribution < -0.4 is 9.47 Å². The van der Waals surface area contributed by atoms with Crippen LogP contribution in [0.4, 0.5) is 0 Å². The molecule has 0 N–H and O–H groups in total. The van der Waals surface area contributed by atoms with Crippen LogP contribution in [-0.4, -0.2) is 83.7 Å². The van der Waals surface area contributed by atoms with Crippen LogP contribution >= 0.6 is 0 Å². The Bertz CT molecular complexity index is 1400. The Kier molecular flexibility index (Phi) is 7.10. The quantitative estimate of drug-likeness (QED) is 0.450. The summed E-state index contributed by atoms with van der Waals surface area (Å²) in [6, 6.07) is 14.0. The molecule has 6 rings (SSSR count). The van der Waals surface area contributed by atoms with E-state index in [1.807, 2.05) is 42.5 Å². The molecule has 3 aliphatic rings. The zero-order valence-corrected chi connectivity index (χ0v) is 22.5. The van der Waals surface area contributed by atoms with E-state index in [1.165, 1.54) is 0 Å². The fourth-order valence-corrected chi connectivity index (χ4v) is 5.63. The maximum Gasteiger partial charge on any atom is 0.339 e. The van der Waals surface area contributed by atoms with Gasteiger partial charge in [0.25, 0.3) is 5.91 Å². The predicted octanol–water partition coefficient (Wildman–Crippen LogP) is 3.23. The first-order valence-electron chi connectivity index (χ1n) is 13.7. The highest BCUT2D eigenvalue weighted by Gasteiger charge is 2.29. The molecule has 0 radical (unpaired) electrons. The Hall–Kier alpha value is -3.69. The van der Waals surface area contributed by atoms with Crippen molar-refractivity contribution in [3.8, 4) is 11.5 Å². The second-order valence-electron chi connectivity index (χ2n) is 10.7. The van der Waals surface area contributed by atoms with Gasteiger partial charge in [-0.05, 0) is 37.6 Å². The third-order valence-corrected chi connectivity index (χ3v) is 7.91. The lowest BCUT2D eigenvalue weighted by Crippen LogP contribution is -2.49. The molecule has 9 heteroatoms. The van der Waals surface area contributed by atoms with Gasteiger partial charge >= 0.3 is 5.97 Å². The number of benzene rings is 2. The normalized spacial score (nSPS) is 17.5. The van der Waals surface area contributed by atoms with Crippen LogP contribution in [0.25, 0.3) is 10.9 Å². The second-order valence-corrected chi connectivity index (χ2v) is 10.7. The number of para-hydroxylation sites is 1. The van der Waals surface area contributed by atoms with Crippen LogP contribution in [0.3, 0.4) is 0 Å². The van der Waals surface area contributed by atoms with Crippen molar-refractivity contribution in [2.24, 2.45) is 0 Å². The lowest BCUT2D eigenvalue weighted by Gasteiger charge is -2.34. The van der Waals surface area contributed by atoms with Gasteiger partial charge in [0, 0.05) is 74.9 Å². The smallest absolute Gasteiger partial charge is 0.339 e. The van der Waals surface area contributed by atoms with E-state index in [1.54, 1.807) is 4.90 Å². The Morgan fingerprint density at radius 3 is 2.62 bits per heavy atom. The number of rotatable bonds is 6. The summed E-state index contributed by atoms with van der Waals surface area (Å²) < 4.78 is 16.5. The van der Waals surface area contributed by atoms with Crippen molar-refractivity contribution in [3.05, 3.63) is 64.8 Å². The standard InChI is InChI=1S/C30H34N4O5/c1-20(2)34-10-9-25-23(17-34)29(22-5-3-4-6-24(22)31-25)30(36)37-18-28(35)33-13-11-32(12-14-33)16-21-7-8-26-27(15-21)39-19-38-26/h3-8,15,20H,9-14,16-19H2,1-2H3. The number of esters is 1. The van der Waals surface area contributed by atoms with Crippen LogP contribution in [0.1, 0.15) is 41.0 Å². The van der Waals surface area contributed by atoms with Gasteiger partial charge in [0.05, 0.1) is 11.1 Å². The molecule has 0 bridgehead atoms. The Morgan fingerprint density at radius 1 is 1.00 bits per heavy atom. The predicted molar refractivity (Wildman–Crippen MR) is 146 cm³/mol. The van der Waals surface area contributed by atoms with Gasteiger partial charge in [-0.2, -0.15) is 0 Å². The van der Waals surface area contributed by atoms with Crippen LogP contribution in [0, 0.1) is 0 Å². The molecule has 0 spiro atoms. The van der Waals surface area contributed by atoms with Gasteiger partial charge in [0.15, 0.2) is 18.1 Å². The maximum atomic E-state index is 13.5. The molecule has 1 amide bonds. The summed E-state index contributed by atoms with van der Waals surface area (Å²) >= 11 is 0. The lowest BCUT2D eigenvalue weighted by molar-refractivity contribution is -0.136. The van der Waals surface area contributed by atoms with Crippen molar-refractivity contribution >= 4 is 22.8 Å². The van der Waals surface area contributed by atoms with Crippen molar-refractivity contribution < 1.29 is 23.8 Å². The fourth-order valence-electron chi connectivity index (χ4n) is 5.63. The summed E-state index contributed by atoms with van der Waals surface area (Å²) in [5, 5.41) is 0.774. The summed E-state index contributed by atoms with van der Waals surface area (Å²) in [7, 11) is 0. The van der Waals surface area contributed by atoms with Gasteiger partial charge in [0.2, 0.25) is 6.79 Å². The van der Waals surface area contributed by atoms with Crippen molar-refractivity contribution in [3.63, 3.8) is 0 Å². The first-order chi connectivity index (χ1) is 19.0. The number of pyridine rings is 1. The Labute approximate surface area is 228 Å². The molecule has 0 aliphatic carbocycles. The SMILES string of the molecule is CC(C)N1CCc2nc3ccccc3c(C(=O)OCC(=O)N3CCN(Cc4ccc5c(c4)OCO5)CC3)c2C1. The molecule has 9 nitrogen and oxygen atoms in total. The third kappa shape index (κ3) is 5.29. The number of carbonyl (C=O) groups excluding carboxylic acids is 2. The molecule has 4 heterocycles. The summed E-state index contributed by atoms with van der Waals surface area (Å²) in [6.45, 7) is 9.34. The summed E-state index contributed by atoms with van der Waals surface area (Å²) in [5.74, 6) is 0.942. The zero-order chi connectivity index (χ0) is 26.9. The average Bonchev–Trinajstić information content (AvgIpc) is 3.42. The first kappa shape index (κ1) is 25.6. The minimum absolute atomic E-state index is 0.165. The van der Waals surface area contributed by atoms with Gasteiger partial charge in [-0.25, -0.2) is 4.79 Å². The maximum absolute atomic E-state index is 13.5. The van der Waals surface area contributed by atoms with Gasteiger partial charge in [-0.3, -0.25) is 19.6 Å². The van der Waals surface area contributed by atoms with Gasteiger partial charge < -0.3 is 19.1 Å². The largest absolute Gasteiger partial charge is 0.454 e. The molecule has 1 fully saturated rings. The zero-order valence-electron chi connectivity index (χ0n) is 22.5. The van der Waals surface area contributed by atoms with E-state index in [0.29, 0.717) is 31.2 Å². The molecule has 3 aromatic rings. The van der Waals surface area contributed by atoms with Crippen molar-refractivity contribution in [1.82, 2.24) is 19.7 Å². The van der Waals surface area contributed by atoms with Crippen LogP contribution in [0.5, 0.6) is 11.5 Å². The molecule has 0 unspecified atom stereocenters. The minimum Gasteiger partial charge on any atom is -0.454 e. The minimum atomic E-state index is -0.453. The first-order valence-corrected chi connectivity index (χ1v) is 13.7. The Balaban J connectivity index is 1.08. The molecule has 1 aromatic heterocycles. The highest BCUT2D eigenvalue weighted by Crippen LogP contribution is 2.33. The number of fused-ring (bicyclic) bond motifs is 3. The summed E-state index contributed by atoms with van der Waals surface area (Å²) in [4.78, 5) is 37.7. The fraction of sp³-hybridized carbons (Fsp3) is 0.433. The Morgan fingerprint density at radius 2 is 1.79 bits per heavy atom. The topological polar surface area (TPSA) is 84.4 Å². The van der Waals surface area contributed by atoms with Crippen LogP contribution in [0.15, 0.2) is 42.5 Å². The van der Waals surface area contributed by atoms with E-state index in [4.69, 9.17) is 19.2 Å². The van der Waals surface area contributed by atoms with E-state index in [9.17, 15) is 9.59 Å². The van der Waals surface area contributed by atoms with Crippen molar-refractivity contribution in [1.29, 1.82) is 0 Å². The molecule has 39 heavy (non-hydrogen) atoms. The number of piperazine rings is 1. The lowest BCUT2D eigenvalue weighted by atomic mass is 9.95. The van der Waals surface area contributed by atoms with E-state index in [-0.39, 0.29) is 19.3 Å². The molecule has 0 atom stereocenters. The van der Waals surface area contributed by atoms with Gasteiger partial charge in [0.1, 0.15) is 0 Å². The number of ether oxygens (including phenoxy) is 3. The van der Waals surface area contributed by atoms with E-state index >= 15 is 0 Å². The number of carbonyl (C=O) groups is 2. The molecule has 3 aliphatic heterocycles. The number of hydrogen-bond acceptors (Lipinski definition) is 8. The summed E-state index contributed by atoms with van der Waals surface area (Å²) in [5.41, 5.74) is 4.34. The average molecular weight is 531 g/mol. The highest BCUT2D eigenvalue weighted by atomic mass is 16.7. The molecule has 1 saturated heterocycles. The number of hydrogen-bond donors (Lipinski definition) is 0. The number of aromatic nitrogens is 1. The molecular weight excluding hydrogens is 496 g/mol. The molecule has 2 aromatic carbocycles. The highest BCUT2D eigenvalue weighted by molar-refractivity contribution is 6.05. The third-order valence-electron chi connectivity index (χ3n) is 7.91. The second kappa shape index (κ2) is 10.8. The van der Waals surface area contributed by atoms with Crippen molar-refractivity contribution in [2.75, 3.05) is 46.1 Å². The van der Waals surface area contributed by atoms with Gasteiger partial charge in [-0.1, -0.05) is 24.3 Å². The van der Waals surface area contributed by atoms with Crippen molar-refractivity contribution in [2.45, 2.75) is 39.4 Å². The molecule has 0 saturated carbocycles. The molecule has 204 valence electrons. The monoisotopic (exact) mass is 530 g/mol. The van der Waals surface area contributed by atoms with E-state index < -0.39 is 5.97 Å². The summed E-state index contributed by atoms with van der Waals surface area (Å²) in [6.07, 6.45) is 0.786.